The van der Waals surface area contributed by atoms with Crippen LogP contribution in [0, 0.1) is 17.8 Å². The van der Waals surface area contributed by atoms with E-state index in [9.17, 15) is 14.4 Å². The molecule has 0 aromatic rings. The Hall–Kier alpha value is -1.59. The molecule has 0 aromatic heterocycles. The first-order valence-corrected chi connectivity index (χ1v) is 10.7. The van der Waals surface area contributed by atoms with E-state index in [1.165, 1.54) is 0 Å². The Bertz CT molecular complexity index is 581. The molecule has 0 bridgehead atoms. The molecule has 1 saturated heterocycles. The highest BCUT2D eigenvalue weighted by Gasteiger charge is 2.51. The zero-order chi connectivity index (χ0) is 19.6. The van der Waals surface area contributed by atoms with Gasteiger partial charge in [-0.1, -0.05) is 52.9 Å². The molecule has 2 aliphatic carbocycles. The Morgan fingerprint density at radius 1 is 1.19 bits per heavy atom. The van der Waals surface area contributed by atoms with Gasteiger partial charge in [-0.2, -0.15) is 0 Å². The molecule has 3 atom stereocenters. The molecule has 6 nitrogen and oxygen atoms in total. The van der Waals surface area contributed by atoms with E-state index in [1.54, 1.807) is 0 Å². The Morgan fingerprint density at radius 3 is 2.48 bits per heavy atom. The number of rotatable bonds is 4. The van der Waals surface area contributed by atoms with Crippen molar-refractivity contribution in [2.24, 2.45) is 17.8 Å². The summed E-state index contributed by atoms with van der Waals surface area (Å²) in [4.78, 5) is 39.0. The summed E-state index contributed by atoms with van der Waals surface area (Å²) in [5.41, 5.74) is -0.798. The normalized spacial score (nSPS) is 31.1. The predicted molar refractivity (Wildman–Crippen MR) is 102 cm³/mol. The number of nitrogens with zero attached hydrogens (tertiary/aromatic N) is 1. The van der Waals surface area contributed by atoms with E-state index in [2.05, 4.69) is 26.1 Å². The van der Waals surface area contributed by atoms with Gasteiger partial charge in [-0.25, -0.2) is 4.79 Å². The fraction of sp³-hybridized carbons (Fsp3) is 0.857. The third-order valence-corrected chi connectivity index (χ3v) is 6.73. The molecule has 1 spiro atoms. The first-order valence-electron chi connectivity index (χ1n) is 10.7. The van der Waals surface area contributed by atoms with Crippen molar-refractivity contribution in [3.63, 3.8) is 0 Å². The van der Waals surface area contributed by atoms with Gasteiger partial charge in [-0.3, -0.25) is 14.5 Å². The summed E-state index contributed by atoms with van der Waals surface area (Å²) in [6.07, 6.45) is 8.33. The number of carbonyl (C=O) groups is 3. The van der Waals surface area contributed by atoms with E-state index in [1.807, 2.05) is 0 Å². The van der Waals surface area contributed by atoms with Crippen LogP contribution in [0.3, 0.4) is 0 Å². The summed E-state index contributed by atoms with van der Waals surface area (Å²) in [6.45, 7) is 6.23. The number of carbonyl (C=O) groups excluding carboxylic acids is 3. The van der Waals surface area contributed by atoms with Crippen molar-refractivity contribution in [1.82, 2.24) is 10.2 Å². The molecule has 0 unspecified atom stereocenters. The van der Waals surface area contributed by atoms with E-state index in [-0.39, 0.29) is 18.6 Å². The maximum Gasteiger partial charge on any atom is 0.326 e. The minimum absolute atomic E-state index is 0.117. The van der Waals surface area contributed by atoms with Gasteiger partial charge in [0.15, 0.2) is 0 Å². The van der Waals surface area contributed by atoms with Crippen LogP contribution in [0.15, 0.2) is 0 Å². The Morgan fingerprint density at radius 2 is 1.85 bits per heavy atom. The topological polar surface area (TPSA) is 75.7 Å². The van der Waals surface area contributed by atoms with Crippen LogP contribution in [0.5, 0.6) is 0 Å². The Kier molecular flexibility index (Phi) is 6.11. The van der Waals surface area contributed by atoms with Gasteiger partial charge in [0.25, 0.3) is 5.91 Å². The molecule has 3 aliphatic rings. The van der Waals surface area contributed by atoms with Crippen LogP contribution in [0.2, 0.25) is 0 Å². The number of hydrogen-bond acceptors (Lipinski definition) is 4. The van der Waals surface area contributed by atoms with E-state index in [0.717, 1.165) is 49.8 Å². The standard InChI is InChI=1S/C21H34N2O4/c1-14(2)16-9-8-15(3)12-17(16)27-18(24)13-23-19(25)21(22-20(23)26)10-6-4-5-7-11-21/h14-17H,4-13H2,1-3H3,(H,22,26)/t15-,16+,17+/m1/s1. The second-order valence-corrected chi connectivity index (χ2v) is 9.17. The van der Waals surface area contributed by atoms with Crippen LogP contribution in [0.25, 0.3) is 0 Å². The minimum Gasteiger partial charge on any atom is -0.461 e. The van der Waals surface area contributed by atoms with Crippen LogP contribution < -0.4 is 5.32 Å². The van der Waals surface area contributed by atoms with Gasteiger partial charge in [0.1, 0.15) is 18.2 Å². The highest BCUT2D eigenvalue weighted by Crippen LogP contribution is 2.36. The first kappa shape index (κ1) is 20.2. The van der Waals surface area contributed by atoms with Gasteiger partial charge in [0, 0.05) is 0 Å². The van der Waals surface area contributed by atoms with Crippen molar-refractivity contribution >= 4 is 17.9 Å². The molecule has 3 amide bonds. The van der Waals surface area contributed by atoms with E-state index < -0.39 is 17.5 Å². The fourth-order valence-electron chi connectivity index (χ4n) is 5.08. The van der Waals surface area contributed by atoms with E-state index in [0.29, 0.717) is 30.6 Å². The lowest BCUT2D eigenvalue weighted by Gasteiger charge is -2.36. The van der Waals surface area contributed by atoms with E-state index >= 15 is 0 Å². The highest BCUT2D eigenvalue weighted by atomic mass is 16.5. The maximum atomic E-state index is 12.9. The number of imide groups is 1. The third kappa shape index (κ3) is 4.30. The quantitative estimate of drug-likeness (QED) is 0.599. The van der Waals surface area contributed by atoms with Crippen molar-refractivity contribution < 1.29 is 19.1 Å². The lowest BCUT2D eigenvalue weighted by Crippen LogP contribution is -2.47. The fourth-order valence-corrected chi connectivity index (χ4v) is 5.08. The maximum absolute atomic E-state index is 12.9. The van der Waals surface area contributed by atoms with Gasteiger partial charge >= 0.3 is 12.0 Å². The number of nitrogens with one attached hydrogen (secondary N) is 1. The Labute approximate surface area is 162 Å². The molecule has 1 aliphatic heterocycles. The number of esters is 1. The summed E-state index contributed by atoms with van der Waals surface area (Å²) in [5, 5.41) is 2.88. The Balaban J connectivity index is 1.63. The molecule has 3 rings (SSSR count). The van der Waals surface area contributed by atoms with Crippen molar-refractivity contribution in [3.8, 4) is 0 Å². The summed E-state index contributed by atoms with van der Waals surface area (Å²) in [5.74, 6) is 0.615. The van der Waals surface area contributed by atoms with Gasteiger partial charge in [0.05, 0.1) is 0 Å². The smallest absolute Gasteiger partial charge is 0.326 e. The summed E-state index contributed by atoms with van der Waals surface area (Å²) >= 11 is 0. The van der Waals surface area contributed by atoms with Gasteiger partial charge in [-0.05, 0) is 43.4 Å². The zero-order valence-electron chi connectivity index (χ0n) is 17.0. The molecule has 152 valence electrons. The second kappa shape index (κ2) is 8.19. The highest BCUT2D eigenvalue weighted by molar-refractivity contribution is 6.08. The van der Waals surface area contributed by atoms with Crippen LogP contribution in [-0.4, -0.2) is 41.0 Å². The number of amides is 3. The molecule has 3 fully saturated rings. The molecule has 2 saturated carbocycles. The number of urea groups is 1. The minimum atomic E-state index is -0.798. The second-order valence-electron chi connectivity index (χ2n) is 9.17. The molecular weight excluding hydrogens is 344 g/mol. The molecule has 1 N–H and O–H groups in total. The third-order valence-electron chi connectivity index (χ3n) is 6.73. The molecule has 1 heterocycles. The van der Waals surface area contributed by atoms with E-state index in [4.69, 9.17) is 4.74 Å². The summed E-state index contributed by atoms with van der Waals surface area (Å²) in [7, 11) is 0. The van der Waals surface area contributed by atoms with Gasteiger partial charge in [-0.15, -0.1) is 0 Å². The lowest BCUT2D eigenvalue weighted by molar-refractivity contribution is -0.158. The average molecular weight is 379 g/mol. The van der Waals surface area contributed by atoms with Crippen LogP contribution in [0.4, 0.5) is 4.79 Å². The van der Waals surface area contributed by atoms with Crippen molar-refractivity contribution in [2.45, 2.75) is 90.2 Å². The van der Waals surface area contributed by atoms with Crippen LogP contribution in [0.1, 0.15) is 78.6 Å². The van der Waals surface area contributed by atoms with Gasteiger partial charge in [0.2, 0.25) is 0 Å². The van der Waals surface area contributed by atoms with Crippen molar-refractivity contribution in [1.29, 1.82) is 0 Å². The first-order chi connectivity index (χ1) is 12.8. The SMILES string of the molecule is CC(C)[C@@H]1CC[C@@H](C)C[C@@H]1OC(=O)CN1C(=O)NC2(CCCCCC2)C1=O. The molecular formula is C21H34N2O4. The summed E-state index contributed by atoms with van der Waals surface area (Å²) < 4.78 is 5.78. The molecule has 0 aromatic carbocycles. The largest absolute Gasteiger partial charge is 0.461 e. The van der Waals surface area contributed by atoms with Crippen LogP contribution >= 0.6 is 0 Å². The average Bonchev–Trinajstić information content (AvgIpc) is 2.77. The number of hydrogen-bond donors (Lipinski definition) is 1. The monoisotopic (exact) mass is 378 g/mol. The lowest BCUT2D eigenvalue weighted by atomic mass is 9.75. The van der Waals surface area contributed by atoms with Crippen LogP contribution in [-0.2, 0) is 14.3 Å². The molecule has 6 heteroatoms. The van der Waals surface area contributed by atoms with Crippen molar-refractivity contribution in [2.75, 3.05) is 6.54 Å². The zero-order valence-corrected chi connectivity index (χ0v) is 17.0. The van der Waals surface area contributed by atoms with Gasteiger partial charge < -0.3 is 10.1 Å². The predicted octanol–water partition coefficient (Wildman–Crippen LogP) is 3.64. The molecule has 0 radical (unpaired) electrons. The number of ether oxygens (including phenoxy) is 1. The summed E-state index contributed by atoms with van der Waals surface area (Å²) in [6, 6.07) is -0.448. The molecule has 27 heavy (non-hydrogen) atoms. The van der Waals surface area contributed by atoms with Crippen molar-refractivity contribution in [3.05, 3.63) is 0 Å².